The summed E-state index contributed by atoms with van der Waals surface area (Å²) in [6.07, 6.45) is 2.06. The Morgan fingerprint density at radius 1 is 1.38 bits per heavy atom. The Balaban J connectivity index is 2.82. The highest BCUT2D eigenvalue weighted by molar-refractivity contribution is 9.10. The van der Waals surface area contributed by atoms with Gasteiger partial charge in [0.1, 0.15) is 0 Å². The van der Waals surface area contributed by atoms with E-state index in [2.05, 4.69) is 27.6 Å². The molecule has 6 heteroatoms. The fraction of sp³-hybridized carbons (Fsp3) is 0.467. The van der Waals surface area contributed by atoms with Crippen LogP contribution in [0, 0.1) is 0 Å². The Morgan fingerprint density at radius 2 is 2.10 bits per heavy atom. The number of halogens is 1. The van der Waals surface area contributed by atoms with Crippen molar-refractivity contribution in [2.24, 2.45) is 5.73 Å². The van der Waals surface area contributed by atoms with E-state index < -0.39 is 0 Å². The van der Waals surface area contributed by atoms with Crippen LogP contribution in [0.2, 0.25) is 0 Å². The molecule has 1 aromatic rings. The van der Waals surface area contributed by atoms with Crippen molar-refractivity contribution in [2.45, 2.75) is 26.3 Å². The number of hydrogen-bond acceptors (Lipinski definition) is 4. The molecular weight excluding hydrogens is 336 g/mol. The van der Waals surface area contributed by atoms with Crippen LogP contribution in [0.1, 0.15) is 35.7 Å². The summed E-state index contributed by atoms with van der Waals surface area (Å²) >= 11 is 3.46. The molecule has 0 fully saturated rings. The summed E-state index contributed by atoms with van der Waals surface area (Å²) in [5.41, 5.74) is 6.77. The molecule has 0 saturated heterocycles. The van der Waals surface area contributed by atoms with Crippen LogP contribution >= 0.6 is 15.9 Å². The molecule has 0 saturated carbocycles. The molecule has 0 unspecified atom stereocenters. The standard InChI is InChI=1S/C15H21BrN2O3/c1-3-4-7-18(10-14(17)19)9-12-6-5-11(8-13(12)16)15(20)21-2/h5-6,8H,3-4,7,9-10H2,1-2H3,(H2,17,19). The summed E-state index contributed by atoms with van der Waals surface area (Å²) in [6.45, 7) is 3.74. The lowest BCUT2D eigenvalue weighted by Crippen LogP contribution is -2.34. The van der Waals surface area contributed by atoms with Crippen molar-refractivity contribution < 1.29 is 14.3 Å². The molecular formula is C15H21BrN2O3. The van der Waals surface area contributed by atoms with E-state index in [9.17, 15) is 9.59 Å². The van der Waals surface area contributed by atoms with Gasteiger partial charge in [0.05, 0.1) is 19.2 Å². The van der Waals surface area contributed by atoms with Gasteiger partial charge in [-0.2, -0.15) is 0 Å². The lowest BCUT2D eigenvalue weighted by Gasteiger charge is -2.21. The second-order valence-corrected chi connectivity index (χ2v) is 5.68. The molecule has 116 valence electrons. The number of nitrogens with zero attached hydrogens (tertiary/aromatic N) is 1. The fourth-order valence-electron chi connectivity index (χ4n) is 1.98. The highest BCUT2D eigenvalue weighted by Gasteiger charge is 2.13. The molecule has 2 N–H and O–H groups in total. The van der Waals surface area contributed by atoms with Crippen molar-refractivity contribution in [3.63, 3.8) is 0 Å². The van der Waals surface area contributed by atoms with E-state index in [-0.39, 0.29) is 18.4 Å². The van der Waals surface area contributed by atoms with Crippen LogP contribution in [0.25, 0.3) is 0 Å². The van der Waals surface area contributed by atoms with E-state index in [0.29, 0.717) is 12.1 Å². The number of unbranched alkanes of at least 4 members (excludes halogenated alkanes) is 1. The second-order valence-electron chi connectivity index (χ2n) is 4.83. The minimum atomic E-state index is -0.373. The molecule has 1 rings (SSSR count). The molecule has 0 aliphatic heterocycles. The monoisotopic (exact) mass is 356 g/mol. The first-order valence-electron chi connectivity index (χ1n) is 6.85. The van der Waals surface area contributed by atoms with Gasteiger partial charge >= 0.3 is 5.97 Å². The number of benzene rings is 1. The van der Waals surface area contributed by atoms with Crippen molar-refractivity contribution in [1.82, 2.24) is 4.90 Å². The minimum Gasteiger partial charge on any atom is -0.465 e. The third kappa shape index (κ3) is 5.85. The SMILES string of the molecule is CCCCN(CC(N)=O)Cc1ccc(C(=O)OC)cc1Br. The average molecular weight is 357 g/mol. The third-order valence-corrected chi connectivity index (χ3v) is 3.81. The Kier molecular flexibility index (Phi) is 7.39. The summed E-state index contributed by atoms with van der Waals surface area (Å²) in [6, 6.07) is 5.30. The lowest BCUT2D eigenvalue weighted by molar-refractivity contribution is -0.119. The number of methoxy groups -OCH3 is 1. The Hall–Kier alpha value is -1.40. The number of ether oxygens (including phenoxy) is 1. The summed E-state index contributed by atoms with van der Waals surface area (Å²) in [5.74, 6) is -0.712. The van der Waals surface area contributed by atoms with Crippen molar-refractivity contribution in [1.29, 1.82) is 0 Å². The number of hydrogen-bond donors (Lipinski definition) is 1. The van der Waals surface area contributed by atoms with Crippen molar-refractivity contribution in [3.8, 4) is 0 Å². The number of primary amides is 1. The Bertz CT molecular complexity index is 506. The molecule has 0 radical (unpaired) electrons. The smallest absolute Gasteiger partial charge is 0.337 e. The van der Waals surface area contributed by atoms with Crippen LogP contribution in [0.15, 0.2) is 22.7 Å². The van der Waals surface area contributed by atoms with Gasteiger partial charge in [0.2, 0.25) is 5.91 Å². The van der Waals surface area contributed by atoms with Crippen LogP contribution < -0.4 is 5.73 Å². The fourth-order valence-corrected chi connectivity index (χ4v) is 2.48. The van der Waals surface area contributed by atoms with Gasteiger partial charge in [0.25, 0.3) is 0 Å². The first-order chi connectivity index (χ1) is 9.97. The maximum absolute atomic E-state index is 11.5. The molecule has 1 aromatic carbocycles. The van der Waals surface area contributed by atoms with E-state index >= 15 is 0 Å². The number of carbonyl (C=O) groups is 2. The zero-order chi connectivity index (χ0) is 15.8. The third-order valence-electron chi connectivity index (χ3n) is 3.08. The van der Waals surface area contributed by atoms with Crippen molar-refractivity contribution in [2.75, 3.05) is 20.2 Å². The molecule has 0 spiro atoms. The minimum absolute atomic E-state index is 0.227. The van der Waals surface area contributed by atoms with Gasteiger partial charge in [-0.1, -0.05) is 35.3 Å². The highest BCUT2D eigenvalue weighted by Crippen LogP contribution is 2.21. The summed E-state index contributed by atoms with van der Waals surface area (Å²) in [7, 11) is 1.35. The maximum atomic E-state index is 11.5. The number of nitrogens with two attached hydrogens (primary N) is 1. The lowest BCUT2D eigenvalue weighted by atomic mass is 10.1. The molecule has 1 amide bonds. The molecule has 0 atom stereocenters. The Morgan fingerprint density at radius 3 is 2.62 bits per heavy atom. The molecule has 0 aromatic heterocycles. The van der Waals surface area contributed by atoms with Gasteiger partial charge in [0, 0.05) is 11.0 Å². The molecule has 0 heterocycles. The summed E-state index contributed by atoms with van der Waals surface area (Å²) in [5, 5.41) is 0. The van der Waals surface area contributed by atoms with Gasteiger partial charge in [-0.15, -0.1) is 0 Å². The predicted octanol–water partition coefficient (Wildman–Crippen LogP) is 2.32. The number of amides is 1. The normalized spacial score (nSPS) is 10.7. The van der Waals surface area contributed by atoms with Crippen LogP contribution in [-0.4, -0.2) is 37.0 Å². The average Bonchev–Trinajstić information content (AvgIpc) is 2.45. The van der Waals surface area contributed by atoms with Gasteiger partial charge in [-0.3, -0.25) is 9.69 Å². The quantitative estimate of drug-likeness (QED) is 0.725. The zero-order valence-electron chi connectivity index (χ0n) is 12.4. The van der Waals surface area contributed by atoms with Crippen LogP contribution in [0.3, 0.4) is 0 Å². The first-order valence-corrected chi connectivity index (χ1v) is 7.64. The molecule has 0 bridgehead atoms. The predicted molar refractivity (Wildman–Crippen MR) is 84.9 cm³/mol. The van der Waals surface area contributed by atoms with Crippen LogP contribution in [0.5, 0.6) is 0 Å². The van der Waals surface area contributed by atoms with Gasteiger partial charge in [-0.05, 0) is 30.7 Å². The topological polar surface area (TPSA) is 72.6 Å². The van der Waals surface area contributed by atoms with Crippen molar-refractivity contribution in [3.05, 3.63) is 33.8 Å². The molecule has 5 nitrogen and oxygen atoms in total. The summed E-state index contributed by atoms with van der Waals surface area (Å²) in [4.78, 5) is 24.6. The number of esters is 1. The number of rotatable bonds is 8. The molecule has 0 aliphatic rings. The molecule has 21 heavy (non-hydrogen) atoms. The van der Waals surface area contributed by atoms with Crippen LogP contribution in [0.4, 0.5) is 0 Å². The van der Waals surface area contributed by atoms with E-state index in [1.807, 2.05) is 11.0 Å². The van der Waals surface area contributed by atoms with Gasteiger partial charge in [-0.25, -0.2) is 4.79 Å². The largest absolute Gasteiger partial charge is 0.465 e. The Labute approximate surface area is 133 Å². The van der Waals surface area contributed by atoms with Crippen molar-refractivity contribution >= 4 is 27.8 Å². The highest BCUT2D eigenvalue weighted by atomic mass is 79.9. The maximum Gasteiger partial charge on any atom is 0.337 e. The van der Waals surface area contributed by atoms with E-state index in [1.54, 1.807) is 12.1 Å². The first kappa shape index (κ1) is 17.7. The summed E-state index contributed by atoms with van der Waals surface area (Å²) < 4.78 is 5.50. The van der Waals surface area contributed by atoms with Gasteiger partial charge < -0.3 is 10.5 Å². The van der Waals surface area contributed by atoms with E-state index in [4.69, 9.17) is 5.73 Å². The van der Waals surface area contributed by atoms with Gasteiger partial charge in [0.15, 0.2) is 0 Å². The number of carbonyl (C=O) groups excluding carboxylic acids is 2. The van der Waals surface area contributed by atoms with Crippen LogP contribution in [-0.2, 0) is 16.1 Å². The zero-order valence-corrected chi connectivity index (χ0v) is 14.0. The van der Waals surface area contributed by atoms with E-state index in [0.717, 1.165) is 29.4 Å². The van der Waals surface area contributed by atoms with E-state index in [1.165, 1.54) is 7.11 Å². The second kappa shape index (κ2) is 8.79. The molecule has 0 aliphatic carbocycles.